The Morgan fingerprint density at radius 2 is 2.40 bits per heavy atom. The molecular weight excluding hydrogens is 198 g/mol. The molecule has 1 aliphatic heterocycles. The number of hydrogen-bond acceptors (Lipinski definition) is 6. The number of nitrogens with two attached hydrogens (primary N) is 1. The molecule has 1 aliphatic rings. The van der Waals surface area contributed by atoms with Crippen LogP contribution >= 0.6 is 0 Å². The van der Waals surface area contributed by atoms with Crippen LogP contribution in [0, 0.1) is 0 Å². The molecule has 1 aromatic heterocycles. The van der Waals surface area contributed by atoms with Crippen LogP contribution in [-0.2, 0) is 4.79 Å². The molecule has 0 atom stereocenters. The number of nitrogen functional groups attached to an aromatic ring is 1. The van der Waals surface area contributed by atoms with Gasteiger partial charge in [0.25, 0.3) is 0 Å². The Kier molecular flexibility index (Phi) is 1.93. The lowest BCUT2D eigenvalue weighted by molar-refractivity contribution is -0.133. The first-order chi connectivity index (χ1) is 7.08. The van der Waals surface area contributed by atoms with Gasteiger partial charge in [0.15, 0.2) is 5.82 Å². The second kappa shape index (κ2) is 3.12. The monoisotopic (exact) mass is 207 g/mol. The minimum absolute atomic E-state index is 0.0679. The summed E-state index contributed by atoms with van der Waals surface area (Å²) in [5, 5.41) is 10.3. The van der Waals surface area contributed by atoms with Gasteiger partial charge in [-0.05, 0) is 6.08 Å². The van der Waals surface area contributed by atoms with Crippen LogP contribution in [0.1, 0.15) is 5.56 Å². The molecule has 7 heteroatoms. The highest BCUT2D eigenvalue weighted by Crippen LogP contribution is 2.22. The SMILES string of the molecule is CN1NC(C(=O)O)=Cc2cnc(N)nc21. The van der Waals surface area contributed by atoms with E-state index in [1.165, 1.54) is 17.3 Å². The van der Waals surface area contributed by atoms with Crippen LogP contribution in [0.5, 0.6) is 0 Å². The van der Waals surface area contributed by atoms with Gasteiger partial charge in [-0.1, -0.05) is 0 Å². The molecule has 4 N–H and O–H groups in total. The molecule has 2 heterocycles. The van der Waals surface area contributed by atoms with Crippen LogP contribution in [0.4, 0.5) is 11.8 Å². The van der Waals surface area contributed by atoms with Crippen molar-refractivity contribution in [1.29, 1.82) is 0 Å². The Labute approximate surface area is 85.2 Å². The van der Waals surface area contributed by atoms with Crippen LogP contribution in [0.15, 0.2) is 11.9 Å². The van der Waals surface area contributed by atoms with Gasteiger partial charge in [-0.2, -0.15) is 4.98 Å². The predicted octanol–water partition coefficient (Wildman–Crippen LogP) is -0.561. The summed E-state index contributed by atoms with van der Waals surface area (Å²) in [6.07, 6.45) is 2.94. The molecule has 1 aromatic rings. The van der Waals surface area contributed by atoms with E-state index < -0.39 is 5.97 Å². The van der Waals surface area contributed by atoms with Crippen LogP contribution in [-0.4, -0.2) is 28.1 Å². The van der Waals surface area contributed by atoms with Gasteiger partial charge in [0, 0.05) is 18.8 Å². The molecule has 0 saturated carbocycles. The Morgan fingerprint density at radius 3 is 3.07 bits per heavy atom. The van der Waals surface area contributed by atoms with E-state index in [9.17, 15) is 4.79 Å². The highest BCUT2D eigenvalue weighted by Gasteiger charge is 2.19. The number of hydrazine groups is 1. The zero-order valence-electron chi connectivity index (χ0n) is 7.93. The van der Waals surface area contributed by atoms with E-state index in [2.05, 4.69) is 15.4 Å². The first-order valence-corrected chi connectivity index (χ1v) is 4.16. The number of rotatable bonds is 1. The van der Waals surface area contributed by atoms with E-state index in [1.807, 2.05) is 0 Å². The topological polar surface area (TPSA) is 104 Å². The number of carboxylic acids is 1. The van der Waals surface area contributed by atoms with Crippen LogP contribution in [0.25, 0.3) is 6.08 Å². The highest BCUT2D eigenvalue weighted by atomic mass is 16.4. The van der Waals surface area contributed by atoms with Gasteiger partial charge in [0.2, 0.25) is 5.95 Å². The summed E-state index contributed by atoms with van der Waals surface area (Å²) in [7, 11) is 1.65. The summed E-state index contributed by atoms with van der Waals surface area (Å²) in [4.78, 5) is 18.5. The van der Waals surface area contributed by atoms with Gasteiger partial charge in [-0.15, -0.1) is 0 Å². The molecule has 7 nitrogen and oxygen atoms in total. The summed E-state index contributed by atoms with van der Waals surface area (Å²) in [5.74, 6) is -0.341. The van der Waals surface area contributed by atoms with Gasteiger partial charge in [-0.3, -0.25) is 10.4 Å². The first-order valence-electron chi connectivity index (χ1n) is 4.16. The second-order valence-corrected chi connectivity index (χ2v) is 3.04. The van der Waals surface area contributed by atoms with E-state index in [0.717, 1.165) is 0 Å². The smallest absolute Gasteiger partial charge is 0.353 e. The molecule has 0 saturated heterocycles. The number of carbonyl (C=O) groups is 1. The maximum absolute atomic E-state index is 10.8. The summed E-state index contributed by atoms with van der Waals surface area (Å²) in [6.45, 7) is 0. The van der Waals surface area contributed by atoms with E-state index in [1.54, 1.807) is 7.05 Å². The molecule has 78 valence electrons. The van der Waals surface area contributed by atoms with Crippen molar-refractivity contribution in [1.82, 2.24) is 15.4 Å². The van der Waals surface area contributed by atoms with E-state index in [-0.39, 0.29) is 11.6 Å². The molecule has 0 aliphatic carbocycles. The van der Waals surface area contributed by atoms with Gasteiger partial charge < -0.3 is 10.8 Å². The number of aliphatic carboxylic acids is 1. The minimum Gasteiger partial charge on any atom is -0.477 e. The van der Waals surface area contributed by atoms with Crippen LogP contribution in [0.3, 0.4) is 0 Å². The third-order valence-electron chi connectivity index (χ3n) is 1.95. The summed E-state index contributed by atoms with van der Waals surface area (Å²) >= 11 is 0. The number of anilines is 2. The van der Waals surface area contributed by atoms with Gasteiger partial charge in [0.05, 0.1) is 0 Å². The number of aromatic nitrogens is 2. The second-order valence-electron chi connectivity index (χ2n) is 3.04. The molecule has 2 rings (SSSR count). The van der Waals surface area contributed by atoms with Crippen LogP contribution in [0.2, 0.25) is 0 Å². The molecule has 0 spiro atoms. The first kappa shape index (κ1) is 9.25. The molecule has 15 heavy (non-hydrogen) atoms. The zero-order chi connectivity index (χ0) is 11.0. The molecule has 0 aromatic carbocycles. The summed E-state index contributed by atoms with van der Waals surface area (Å²) in [5.41, 5.74) is 8.75. The molecule has 0 amide bonds. The number of fused-ring (bicyclic) bond motifs is 1. The number of carboxylic acid groups (broad SMARTS) is 1. The fraction of sp³-hybridized carbons (Fsp3) is 0.125. The zero-order valence-corrected chi connectivity index (χ0v) is 7.93. The largest absolute Gasteiger partial charge is 0.477 e. The number of nitrogens with zero attached hydrogens (tertiary/aromatic N) is 3. The van der Waals surface area contributed by atoms with Crippen LogP contribution < -0.4 is 16.2 Å². The maximum atomic E-state index is 10.8. The maximum Gasteiger partial charge on any atom is 0.353 e. The quantitative estimate of drug-likeness (QED) is 0.566. The standard InChI is InChI=1S/C8H9N5O2/c1-13-6-4(3-10-8(9)11-6)2-5(12-13)7(14)15/h2-3,12H,1H3,(H,14,15)(H2,9,10,11). The third kappa shape index (κ3) is 1.54. The van der Waals surface area contributed by atoms with Crippen molar-refractivity contribution in [2.75, 3.05) is 17.8 Å². The normalized spacial score (nSPS) is 13.9. The van der Waals surface area contributed by atoms with E-state index >= 15 is 0 Å². The third-order valence-corrected chi connectivity index (χ3v) is 1.95. The molecular formula is C8H9N5O2. The molecule has 0 bridgehead atoms. The fourth-order valence-corrected chi connectivity index (χ4v) is 1.30. The van der Waals surface area contributed by atoms with Crippen molar-refractivity contribution >= 4 is 23.8 Å². The lowest BCUT2D eigenvalue weighted by Gasteiger charge is -2.26. The van der Waals surface area contributed by atoms with Crippen molar-refractivity contribution in [3.8, 4) is 0 Å². The summed E-state index contributed by atoms with van der Waals surface area (Å²) < 4.78 is 0. The average molecular weight is 207 g/mol. The summed E-state index contributed by atoms with van der Waals surface area (Å²) in [6, 6.07) is 0. The van der Waals surface area contributed by atoms with Crippen molar-refractivity contribution in [2.45, 2.75) is 0 Å². The Balaban J connectivity index is 2.52. The number of nitrogens with one attached hydrogen (secondary N) is 1. The lowest BCUT2D eigenvalue weighted by atomic mass is 10.2. The van der Waals surface area contributed by atoms with E-state index in [4.69, 9.17) is 10.8 Å². The Bertz CT molecular complexity index is 456. The molecule has 0 radical (unpaired) electrons. The van der Waals surface area contributed by atoms with Gasteiger partial charge in [-0.25, -0.2) is 9.78 Å². The highest BCUT2D eigenvalue weighted by molar-refractivity contribution is 5.94. The van der Waals surface area contributed by atoms with Gasteiger partial charge >= 0.3 is 5.97 Å². The number of hydrogen-bond donors (Lipinski definition) is 3. The minimum atomic E-state index is -1.04. The van der Waals surface area contributed by atoms with Crippen molar-refractivity contribution < 1.29 is 9.90 Å². The van der Waals surface area contributed by atoms with Crippen molar-refractivity contribution in [3.05, 3.63) is 17.5 Å². The molecule has 0 fully saturated rings. The van der Waals surface area contributed by atoms with E-state index in [0.29, 0.717) is 11.4 Å². The van der Waals surface area contributed by atoms with Crippen molar-refractivity contribution in [3.63, 3.8) is 0 Å². The lowest BCUT2D eigenvalue weighted by Crippen LogP contribution is -2.39. The predicted molar refractivity (Wildman–Crippen MR) is 53.6 cm³/mol. The molecule has 0 unspecified atom stereocenters. The average Bonchev–Trinajstić information content (AvgIpc) is 2.18. The Morgan fingerprint density at radius 1 is 1.67 bits per heavy atom. The van der Waals surface area contributed by atoms with Gasteiger partial charge in [0.1, 0.15) is 5.70 Å². The Hall–Kier alpha value is -2.31. The fourth-order valence-electron chi connectivity index (χ4n) is 1.30. The van der Waals surface area contributed by atoms with Crippen molar-refractivity contribution in [2.24, 2.45) is 0 Å².